The predicted octanol–water partition coefficient (Wildman–Crippen LogP) is 4.57. The Morgan fingerprint density at radius 1 is 1.00 bits per heavy atom. The molecule has 0 aliphatic carbocycles. The van der Waals surface area contributed by atoms with Gasteiger partial charge in [0.2, 0.25) is 5.95 Å². The van der Waals surface area contributed by atoms with Gasteiger partial charge in [0, 0.05) is 36.4 Å². The van der Waals surface area contributed by atoms with E-state index in [2.05, 4.69) is 54.2 Å². The fourth-order valence-corrected chi connectivity index (χ4v) is 2.96. The highest BCUT2D eigenvalue weighted by Gasteiger charge is 2.10. The second-order valence-corrected chi connectivity index (χ2v) is 5.97. The summed E-state index contributed by atoms with van der Waals surface area (Å²) in [7, 11) is 0. The fourth-order valence-electron chi connectivity index (χ4n) is 2.96. The van der Waals surface area contributed by atoms with Crippen LogP contribution in [0.2, 0.25) is 0 Å². The topological polar surface area (TPSA) is 53.9 Å². The number of hydrogen-bond acceptors (Lipinski definition) is 5. The maximum Gasteiger partial charge on any atom is 0.229 e. The quantitative estimate of drug-likeness (QED) is 0.685. The summed E-state index contributed by atoms with van der Waals surface area (Å²) in [6.45, 7) is 8.31. The van der Waals surface area contributed by atoms with Crippen molar-refractivity contribution in [3.05, 3.63) is 48.3 Å². The van der Waals surface area contributed by atoms with Gasteiger partial charge in [-0.3, -0.25) is 4.98 Å². The van der Waals surface area contributed by atoms with Gasteiger partial charge < -0.3 is 10.2 Å². The van der Waals surface area contributed by atoms with Crippen molar-refractivity contribution in [2.45, 2.75) is 33.6 Å². The van der Waals surface area contributed by atoms with Gasteiger partial charge in [-0.05, 0) is 32.4 Å². The molecule has 0 saturated carbocycles. The van der Waals surface area contributed by atoms with Crippen molar-refractivity contribution in [2.75, 3.05) is 23.3 Å². The Hall–Kier alpha value is -2.69. The van der Waals surface area contributed by atoms with Gasteiger partial charge in [0.05, 0.1) is 11.2 Å². The molecule has 0 spiro atoms. The highest BCUT2D eigenvalue weighted by molar-refractivity contribution is 5.91. The van der Waals surface area contributed by atoms with Crippen molar-refractivity contribution < 1.29 is 0 Å². The minimum absolute atomic E-state index is 0.631. The van der Waals surface area contributed by atoms with Crippen LogP contribution in [0.25, 0.3) is 10.9 Å². The average Bonchev–Trinajstić information content (AvgIpc) is 2.63. The maximum absolute atomic E-state index is 4.74. The van der Waals surface area contributed by atoms with E-state index in [1.807, 2.05) is 24.4 Å². The highest BCUT2D eigenvalue weighted by atomic mass is 15.2. The van der Waals surface area contributed by atoms with Crippen LogP contribution in [0.3, 0.4) is 0 Å². The molecule has 0 saturated heterocycles. The molecule has 0 fully saturated rings. The van der Waals surface area contributed by atoms with Crippen LogP contribution in [-0.2, 0) is 6.42 Å². The molecule has 0 aliphatic heterocycles. The molecule has 130 valence electrons. The molecule has 25 heavy (non-hydrogen) atoms. The molecule has 2 aromatic heterocycles. The summed E-state index contributed by atoms with van der Waals surface area (Å²) in [5.41, 5.74) is 2.92. The number of anilines is 3. The van der Waals surface area contributed by atoms with Crippen LogP contribution in [0.15, 0.2) is 42.6 Å². The number of benzene rings is 1. The lowest BCUT2D eigenvalue weighted by Crippen LogP contribution is -2.23. The molecule has 3 rings (SSSR count). The summed E-state index contributed by atoms with van der Waals surface area (Å²) in [6, 6.07) is 12.2. The van der Waals surface area contributed by atoms with Crippen molar-refractivity contribution >= 4 is 28.4 Å². The summed E-state index contributed by atoms with van der Waals surface area (Å²) < 4.78 is 0. The number of nitrogens with one attached hydrogen (secondary N) is 1. The van der Waals surface area contributed by atoms with Crippen LogP contribution < -0.4 is 10.2 Å². The van der Waals surface area contributed by atoms with Gasteiger partial charge >= 0.3 is 0 Å². The molecule has 0 unspecified atom stereocenters. The lowest BCUT2D eigenvalue weighted by atomic mass is 10.2. The van der Waals surface area contributed by atoms with Gasteiger partial charge in [0.1, 0.15) is 5.82 Å². The molecule has 0 radical (unpaired) electrons. The third kappa shape index (κ3) is 3.87. The van der Waals surface area contributed by atoms with Crippen LogP contribution in [0.5, 0.6) is 0 Å². The van der Waals surface area contributed by atoms with Crippen molar-refractivity contribution in [3.63, 3.8) is 0 Å². The molecule has 2 heterocycles. The van der Waals surface area contributed by atoms with Crippen LogP contribution >= 0.6 is 0 Å². The minimum Gasteiger partial charge on any atom is -0.357 e. The van der Waals surface area contributed by atoms with E-state index in [4.69, 9.17) is 9.97 Å². The molecular weight excluding hydrogens is 310 g/mol. The molecule has 3 aromatic rings. The van der Waals surface area contributed by atoms with Crippen molar-refractivity contribution in [3.8, 4) is 0 Å². The summed E-state index contributed by atoms with van der Waals surface area (Å²) in [6.07, 6.45) is 3.81. The standard InChI is InChI=1S/C20H25N5/c1-4-9-16-14-18(25(5-2)6-3)24-20(22-16)23-17-12-7-10-15-11-8-13-21-19(15)17/h7-8,10-14H,4-6,9H2,1-3H3,(H,22,23,24). The van der Waals surface area contributed by atoms with Crippen molar-refractivity contribution in [2.24, 2.45) is 0 Å². The first-order chi connectivity index (χ1) is 12.2. The number of rotatable bonds is 7. The van der Waals surface area contributed by atoms with Crippen molar-refractivity contribution in [1.29, 1.82) is 0 Å². The summed E-state index contributed by atoms with van der Waals surface area (Å²) in [5.74, 6) is 1.60. The van der Waals surface area contributed by atoms with E-state index in [0.717, 1.165) is 54.0 Å². The van der Waals surface area contributed by atoms with Crippen LogP contribution in [0.1, 0.15) is 32.9 Å². The van der Waals surface area contributed by atoms with Crippen molar-refractivity contribution in [1.82, 2.24) is 15.0 Å². The van der Waals surface area contributed by atoms with Gasteiger partial charge in [0.15, 0.2) is 0 Å². The largest absolute Gasteiger partial charge is 0.357 e. The van der Waals surface area contributed by atoms with Gasteiger partial charge in [-0.15, -0.1) is 0 Å². The van der Waals surface area contributed by atoms with E-state index in [1.54, 1.807) is 0 Å². The second-order valence-electron chi connectivity index (χ2n) is 5.97. The first-order valence-corrected chi connectivity index (χ1v) is 8.98. The molecule has 1 N–H and O–H groups in total. The normalized spacial score (nSPS) is 10.8. The SMILES string of the molecule is CCCc1cc(N(CC)CC)nc(Nc2cccc3cccnc23)n1. The Balaban J connectivity index is 2.00. The zero-order chi connectivity index (χ0) is 17.6. The van der Waals surface area contributed by atoms with E-state index in [-0.39, 0.29) is 0 Å². The predicted molar refractivity (Wildman–Crippen MR) is 105 cm³/mol. The zero-order valence-electron chi connectivity index (χ0n) is 15.2. The van der Waals surface area contributed by atoms with Gasteiger partial charge in [-0.1, -0.05) is 31.5 Å². The van der Waals surface area contributed by atoms with E-state index in [0.29, 0.717) is 5.95 Å². The van der Waals surface area contributed by atoms with Crippen LogP contribution in [0, 0.1) is 0 Å². The third-order valence-electron chi connectivity index (χ3n) is 4.24. The van der Waals surface area contributed by atoms with Gasteiger partial charge in [-0.2, -0.15) is 4.98 Å². The summed E-state index contributed by atoms with van der Waals surface area (Å²) in [5, 5.41) is 4.48. The van der Waals surface area contributed by atoms with Crippen LogP contribution in [-0.4, -0.2) is 28.0 Å². The number of hydrogen-bond donors (Lipinski definition) is 1. The number of nitrogens with zero attached hydrogens (tertiary/aromatic N) is 4. The molecule has 5 heteroatoms. The Morgan fingerprint density at radius 3 is 2.56 bits per heavy atom. The van der Waals surface area contributed by atoms with E-state index in [1.165, 1.54) is 0 Å². The number of aryl methyl sites for hydroxylation is 1. The smallest absolute Gasteiger partial charge is 0.229 e. The Bertz CT molecular complexity index is 837. The lowest BCUT2D eigenvalue weighted by Gasteiger charge is -2.21. The summed E-state index contributed by atoms with van der Waals surface area (Å²) in [4.78, 5) is 16.2. The minimum atomic E-state index is 0.631. The molecule has 0 amide bonds. The molecule has 0 bridgehead atoms. The Labute approximate surface area is 149 Å². The molecule has 0 aliphatic rings. The van der Waals surface area contributed by atoms with Gasteiger partial charge in [-0.25, -0.2) is 4.98 Å². The molecule has 5 nitrogen and oxygen atoms in total. The first kappa shape index (κ1) is 17.1. The Kier molecular flexibility index (Phi) is 5.43. The number of aromatic nitrogens is 3. The van der Waals surface area contributed by atoms with E-state index in [9.17, 15) is 0 Å². The van der Waals surface area contributed by atoms with Gasteiger partial charge in [0.25, 0.3) is 0 Å². The summed E-state index contributed by atoms with van der Waals surface area (Å²) >= 11 is 0. The fraction of sp³-hybridized carbons (Fsp3) is 0.350. The Morgan fingerprint density at radius 2 is 1.80 bits per heavy atom. The second kappa shape index (κ2) is 7.92. The first-order valence-electron chi connectivity index (χ1n) is 8.98. The average molecular weight is 335 g/mol. The molecule has 1 aromatic carbocycles. The monoisotopic (exact) mass is 335 g/mol. The zero-order valence-corrected chi connectivity index (χ0v) is 15.2. The molecular formula is C20H25N5. The molecule has 0 atom stereocenters. The highest BCUT2D eigenvalue weighted by Crippen LogP contribution is 2.24. The lowest BCUT2D eigenvalue weighted by molar-refractivity contribution is 0.824. The number of para-hydroxylation sites is 1. The van der Waals surface area contributed by atoms with E-state index < -0.39 is 0 Å². The maximum atomic E-state index is 4.74. The third-order valence-corrected chi connectivity index (χ3v) is 4.24. The van der Waals surface area contributed by atoms with Crippen LogP contribution in [0.4, 0.5) is 17.5 Å². The number of pyridine rings is 1. The number of fused-ring (bicyclic) bond motifs is 1. The van der Waals surface area contributed by atoms with E-state index >= 15 is 0 Å².